The maximum atomic E-state index is 12.6. The molecule has 1 aliphatic rings. The summed E-state index contributed by atoms with van der Waals surface area (Å²) in [6, 6.07) is 15.0. The Balaban J connectivity index is 1.54. The quantitative estimate of drug-likeness (QED) is 0.501. The Morgan fingerprint density at radius 2 is 1.93 bits per heavy atom. The number of thiocarbonyl (C=S) groups is 1. The van der Waals surface area contributed by atoms with Gasteiger partial charge in [0.2, 0.25) is 5.91 Å². The lowest BCUT2D eigenvalue weighted by atomic mass is 10.1. The van der Waals surface area contributed by atoms with Gasteiger partial charge < -0.3 is 5.32 Å². The molecule has 0 radical (unpaired) electrons. The highest BCUT2D eigenvalue weighted by molar-refractivity contribution is 8.26. The van der Waals surface area contributed by atoms with E-state index in [-0.39, 0.29) is 18.2 Å². The molecule has 28 heavy (non-hydrogen) atoms. The summed E-state index contributed by atoms with van der Waals surface area (Å²) in [6.07, 6.45) is 2.64. The number of aryl methyl sites for hydroxylation is 1. The molecule has 1 fully saturated rings. The van der Waals surface area contributed by atoms with Crippen molar-refractivity contribution in [3.63, 3.8) is 0 Å². The molecule has 1 saturated heterocycles. The second kappa shape index (κ2) is 9.37. The summed E-state index contributed by atoms with van der Waals surface area (Å²) >= 11 is 12.7. The van der Waals surface area contributed by atoms with Gasteiger partial charge in [0.15, 0.2) is 0 Å². The number of para-hydroxylation sites is 1. The van der Waals surface area contributed by atoms with E-state index in [0.29, 0.717) is 32.9 Å². The van der Waals surface area contributed by atoms with Crippen LogP contribution in [0.25, 0.3) is 6.08 Å². The molecule has 7 heteroatoms. The fraction of sp³-hybridized carbons (Fsp3) is 0.190. The van der Waals surface area contributed by atoms with Crippen LogP contribution in [0.5, 0.6) is 0 Å². The predicted molar refractivity (Wildman–Crippen MR) is 120 cm³/mol. The SMILES string of the molecule is Cc1ccc(C=C2SC(=S)N(CCCC(=O)Nc3ccccc3Cl)C2=O)cc1. The van der Waals surface area contributed by atoms with Crippen LogP contribution in [0.3, 0.4) is 0 Å². The lowest BCUT2D eigenvalue weighted by molar-refractivity contribution is -0.122. The Hall–Kier alpha value is -2.15. The molecule has 0 aromatic heterocycles. The number of halogens is 1. The Labute approximate surface area is 178 Å². The van der Waals surface area contributed by atoms with Gasteiger partial charge in [-0.25, -0.2) is 0 Å². The predicted octanol–water partition coefficient (Wildman–Crippen LogP) is 5.27. The number of rotatable bonds is 6. The van der Waals surface area contributed by atoms with E-state index < -0.39 is 0 Å². The number of thioether (sulfide) groups is 1. The van der Waals surface area contributed by atoms with Crippen molar-refractivity contribution in [2.75, 3.05) is 11.9 Å². The first-order valence-corrected chi connectivity index (χ1v) is 10.4. The molecule has 2 aromatic rings. The van der Waals surface area contributed by atoms with Crippen LogP contribution in [0.15, 0.2) is 53.4 Å². The van der Waals surface area contributed by atoms with Crippen LogP contribution in [-0.4, -0.2) is 27.6 Å². The Morgan fingerprint density at radius 3 is 2.64 bits per heavy atom. The van der Waals surface area contributed by atoms with Crippen molar-refractivity contribution in [2.45, 2.75) is 19.8 Å². The molecule has 0 aliphatic carbocycles. The van der Waals surface area contributed by atoms with Crippen molar-refractivity contribution < 1.29 is 9.59 Å². The van der Waals surface area contributed by atoms with E-state index in [9.17, 15) is 9.59 Å². The molecular weight excluding hydrogens is 412 g/mol. The van der Waals surface area contributed by atoms with Gasteiger partial charge in [-0.15, -0.1) is 0 Å². The average Bonchev–Trinajstić information content (AvgIpc) is 2.93. The van der Waals surface area contributed by atoms with E-state index in [1.165, 1.54) is 17.3 Å². The number of nitrogens with zero attached hydrogens (tertiary/aromatic N) is 1. The molecule has 2 aromatic carbocycles. The molecule has 0 unspecified atom stereocenters. The number of carbonyl (C=O) groups excluding carboxylic acids is 2. The Kier molecular flexibility index (Phi) is 6.88. The molecule has 1 N–H and O–H groups in total. The van der Waals surface area contributed by atoms with Crippen LogP contribution in [0.1, 0.15) is 24.0 Å². The number of amides is 2. The van der Waals surface area contributed by atoms with E-state index in [1.807, 2.05) is 43.3 Å². The van der Waals surface area contributed by atoms with Crippen molar-refractivity contribution in [1.29, 1.82) is 0 Å². The van der Waals surface area contributed by atoms with Crippen LogP contribution in [0.4, 0.5) is 5.69 Å². The van der Waals surface area contributed by atoms with Gasteiger partial charge in [0.05, 0.1) is 15.6 Å². The zero-order valence-electron chi connectivity index (χ0n) is 15.3. The smallest absolute Gasteiger partial charge is 0.266 e. The van der Waals surface area contributed by atoms with E-state index in [4.69, 9.17) is 23.8 Å². The van der Waals surface area contributed by atoms with Gasteiger partial charge >= 0.3 is 0 Å². The lowest BCUT2D eigenvalue weighted by Crippen LogP contribution is -2.29. The maximum Gasteiger partial charge on any atom is 0.266 e. The summed E-state index contributed by atoms with van der Waals surface area (Å²) < 4.78 is 0.523. The third-order valence-corrected chi connectivity index (χ3v) is 5.89. The summed E-state index contributed by atoms with van der Waals surface area (Å²) in [5, 5.41) is 3.27. The van der Waals surface area contributed by atoms with Gasteiger partial charge in [-0.05, 0) is 37.1 Å². The first-order chi connectivity index (χ1) is 13.4. The molecule has 1 aliphatic heterocycles. The van der Waals surface area contributed by atoms with Crippen molar-refractivity contribution in [2.24, 2.45) is 0 Å². The first kappa shape index (κ1) is 20.6. The molecule has 1 heterocycles. The Bertz CT molecular complexity index is 942. The largest absolute Gasteiger partial charge is 0.325 e. The molecule has 144 valence electrons. The molecule has 2 amide bonds. The Morgan fingerprint density at radius 1 is 1.21 bits per heavy atom. The van der Waals surface area contributed by atoms with Gasteiger partial charge in [0.1, 0.15) is 4.32 Å². The number of anilines is 1. The molecule has 3 rings (SSSR count). The molecule has 0 bridgehead atoms. The highest BCUT2D eigenvalue weighted by atomic mass is 35.5. The zero-order chi connectivity index (χ0) is 20.1. The van der Waals surface area contributed by atoms with Crippen molar-refractivity contribution in [3.05, 3.63) is 69.6 Å². The van der Waals surface area contributed by atoms with Crippen molar-refractivity contribution >= 4 is 63.5 Å². The standard InChI is InChI=1S/C21H19ClN2O2S2/c1-14-8-10-15(11-9-14)13-18-20(26)24(21(27)28-18)12-4-7-19(25)23-17-6-3-2-5-16(17)22/h2-3,5-6,8-11,13H,4,7,12H2,1H3,(H,23,25). The summed E-state index contributed by atoms with van der Waals surface area (Å²) in [7, 11) is 0. The van der Waals surface area contributed by atoms with Crippen LogP contribution < -0.4 is 5.32 Å². The summed E-state index contributed by atoms with van der Waals surface area (Å²) in [5.41, 5.74) is 2.71. The van der Waals surface area contributed by atoms with E-state index in [1.54, 1.807) is 23.1 Å². The molecule has 0 saturated carbocycles. The number of nitrogens with one attached hydrogen (secondary N) is 1. The van der Waals surface area contributed by atoms with E-state index >= 15 is 0 Å². The third kappa shape index (κ3) is 5.22. The number of benzene rings is 2. The van der Waals surface area contributed by atoms with Crippen LogP contribution in [-0.2, 0) is 9.59 Å². The van der Waals surface area contributed by atoms with Gasteiger partial charge in [-0.2, -0.15) is 0 Å². The maximum absolute atomic E-state index is 12.6. The average molecular weight is 431 g/mol. The highest BCUT2D eigenvalue weighted by Gasteiger charge is 2.31. The normalized spacial score (nSPS) is 15.4. The summed E-state index contributed by atoms with van der Waals surface area (Å²) in [5.74, 6) is -0.254. The minimum Gasteiger partial charge on any atom is -0.325 e. The fourth-order valence-electron chi connectivity index (χ4n) is 2.68. The van der Waals surface area contributed by atoms with Gasteiger partial charge in [0, 0.05) is 13.0 Å². The lowest BCUT2D eigenvalue weighted by Gasteiger charge is -2.14. The minimum absolute atomic E-state index is 0.109. The molecule has 4 nitrogen and oxygen atoms in total. The number of hydrogen-bond donors (Lipinski definition) is 1. The van der Waals surface area contributed by atoms with Crippen molar-refractivity contribution in [3.8, 4) is 0 Å². The second-order valence-corrected chi connectivity index (χ2v) is 8.46. The zero-order valence-corrected chi connectivity index (χ0v) is 17.7. The fourth-order valence-corrected chi connectivity index (χ4v) is 4.17. The second-order valence-electron chi connectivity index (χ2n) is 6.38. The van der Waals surface area contributed by atoms with Gasteiger partial charge in [0.25, 0.3) is 5.91 Å². The first-order valence-electron chi connectivity index (χ1n) is 8.80. The number of hydrogen-bond acceptors (Lipinski definition) is 4. The highest BCUT2D eigenvalue weighted by Crippen LogP contribution is 2.32. The summed E-state index contributed by atoms with van der Waals surface area (Å²) in [6.45, 7) is 2.43. The van der Waals surface area contributed by atoms with E-state index in [0.717, 1.165) is 5.56 Å². The third-order valence-electron chi connectivity index (χ3n) is 4.18. The van der Waals surface area contributed by atoms with Gasteiger partial charge in [-0.3, -0.25) is 14.5 Å². The van der Waals surface area contributed by atoms with Crippen LogP contribution in [0, 0.1) is 6.92 Å². The summed E-state index contributed by atoms with van der Waals surface area (Å²) in [4.78, 5) is 26.9. The van der Waals surface area contributed by atoms with Crippen molar-refractivity contribution in [1.82, 2.24) is 4.90 Å². The van der Waals surface area contributed by atoms with Crippen LogP contribution >= 0.6 is 35.6 Å². The monoisotopic (exact) mass is 430 g/mol. The topological polar surface area (TPSA) is 49.4 Å². The van der Waals surface area contributed by atoms with E-state index in [2.05, 4.69) is 5.32 Å². The van der Waals surface area contributed by atoms with Gasteiger partial charge in [-0.1, -0.05) is 77.5 Å². The minimum atomic E-state index is -0.145. The molecule has 0 spiro atoms. The molecule has 0 atom stereocenters. The molecular formula is C21H19ClN2O2S2. The van der Waals surface area contributed by atoms with Crippen LogP contribution in [0.2, 0.25) is 5.02 Å². The number of carbonyl (C=O) groups is 2.